The smallest absolute Gasteiger partial charge is 0.241 e. The van der Waals surface area contributed by atoms with Crippen molar-refractivity contribution in [3.63, 3.8) is 0 Å². The van der Waals surface area contributed by atoms with Gasteiger partial charge in [0.2, 0.25) is 11.4 Å². The van der Waals surface area contributed by atoms with E-state index in [2.05, 4.69) is 0 Å². The van der Waals surface area contributed by atoms with Crippen LogP contribution in [0.1, 0.15) is 36.8 Å². The summed E-state index contributed by atoms with van der Waals surface area (Å²) in [5.41, 5.74) is 2.96. The van der Waals surface area contributed by atoms with E-state index in [-0.39, 0.29) is 38.0 Å². The summed E-state index contributed by atoms with van der Waals surface area (Å²) < 4.78 is 0. The Bertz CT molecular complexity index is 897. The summed E-state index contributed by atoms with van der Waals surface area (Å²) in [5, 5.41) is 22.6. The van der Waals surface area contributed by atoms with E-state index in [9.17, 15) is 20.2 Å². The molecule has 0 amide bonds. The minimum atomic E-state index is -0.384. The number of hydrogen-bond acceptors (Lipinski definition) is 4. The minimum absolute atomic E-state index is 0. The fourth-order valence-corrected chi connectivity index (χ4v) is 3.46. The summed E-state index contributed by atoms with van der Waals surface area (Å²) in [7, 11) is 0. The predicted octanol–water partition coefficient (Wildman–Crippen LogP) is 5.48. The van der Waals surface area contributed by atoms with E-state index < -0.39 is 0 Å². The van der Waals surface area contributed by atoms with Crippen molar-refractivity contribution in [1.29, 1.82) is 0 Å². The molecule has 0 heterocycles. The van der Waals surface area contributed by atoms with Gasteiger partial charge in [-0.1, -0.05) is 17.7 Å². The van der Waals surface area contributed by atoms with Crippen molar-refractivity contribution in [3.05, 3.63) is 116 Å². The molecule has 2 aliphatic rings. The van der Waals surface area contributed by atoms with Crippen LogP contribution in [0, 0.1) is 20.2 Å². The van der Waals surface area contributed by atoms with Crippen LogP contribution in [0.5, 0.6) is 0 Å². The van der Waals surface area contributed by atoms with Gasteiger partial charge in [-0.05, 0) is 42.9 Å². The molecule has 0 aromatic heterocycles. The molecule has 0 saturated heterocycles. The van der Waals surface area contributed by atoms with Gasteiger partial charge in [0.15, 0.2) is 0 Å². The quantitative estimate of drug-likeness (QED) is 0.361. The molecule has 1 radical (unpaired) electrons. The third-order valence-corrected chi connectivity index (χ3v) is 4.71. The van der Waals surface area contributed by atoms with Gasteiger partial charge in [-0.15, -0.1) is 11.6 Å². The van der Waals surface area contributed by atoms with Crippen LogP contribution < -0.4 is 0 Å². The minimum Gasteiger partial charge on any atom is -0.748 e. The van der Waals surface area contributed by atoms with Gasteiger partial charge < -0.3 is 30.3 Å². The molecule has 0 spiro atoms. The van der Waals surface area contributed by atoms with Crippen LogP contribution >= 0.6 is 0 Å². The third-order valence-electron chi connectivity index (χ3n) is 4.71. The molecule has 2 aromatic rings. The molecular weight excluding hydrogens is 415 g/mol. The zero-order valence-corrected chi connectivity index (χ0v) is 16.7. The molecule has 0 fully saturated rings. The van der Waals surface area contributed by atoms with E-state index in [4.69, 9.17) is 0 Å². The first-order valence-electron chi connectivity index (χ1n) is 9.11. The standard InChI is InChI=1S/C17H15N2O4.C5H5.Co/c20-18(21)16-10-3-1-6-14(16)12-8-5-9-13(12)15-7-2-4-11-17(15)19(22)23;1-2-4-5-3-1;/h3-5,8-11H,1-2,6-7H2;1-5H;/q-1;-5;. The van der Waals surface area contributed by atoms with E-state index in [1.807, 2.05) is 42.5 Å². The van der Waals surface area contributed by atoms with Gasteiger partial charge in [-0.3, -0.25) is 20.2 Å². The van der Waals surface area contributed by atoms with Gasteiger partial charge in [0, 0.05) is 27.8 Å². The van der Waals surface area contributed by atoms with Gasteiger partial charge in [-0.2, -0.15) is 12.1 Å². The number of rotatable bonds is 4. The topological polar surface area (TPSA) is 86.3 Å². The predicted molar refractivity (Wildman–Crippen MR) is 109 cm³/mol. The molecule has 0 N–H and O–H groups in total. The van der Waals surface area contributed by atoms with Crippen molar-refractivity contribution < 1.29 is 26.6 Å². The van der Waals surface area contributed by atoms with Crippen molar-refractivity contribution in [3.8, 4) is 0 Å². The number of nitro groups is 2. The third kappa shape index (κ3) is 5.27. The SMILES string of the molecule is O=[N+]([O-])C1=C(c2ccc[c-]2C2=C([N+](=O)[O-])C=CCC2)CCC=C1.[Co].[cH-]1[cH-][cH-][cH-][cH-]1. The molecule has 0 unspecified atom stereocenters. The van der Waals surface area contributed by atoms with E-state index in [1.165, 1.54) is 12.2 Å². The van der Waals surface area contributed by atoms with Gasteiger partial charge in [-0.25, -0.2) is 0 Å². The van der Waals surface area contributed by atoms with Crippen molar-refractivity contribution in [2.24, 2.45) is 0 Å². The number of nitrogens with zero attached hydrogens (tertiary/aromatic N) is 2. The van der Waals surface area contributed by atoms with Crippen molar-refractivity contribution in [1.82, 2.24) is 0 Å². The van der Waals surface area contributed by atoms with Crippen molar-refractivity contribution in [2.75, 3.05) is 0 Å². The van der Waals surface area contributed by atoms with Gasteiger partial charge >= 0.3 is 0 Å². The molecule has 2 aliphatic carbocycles. The zero-order valence-electron chi connectivity index (χ0n) is 15.6. The first kappa shape index (κ1) is 22.3. The Kier molecular flexibility index (Phi) is 8.05. The van der Waals surface area contributed by atoms with Crippen LogP contribution in [0.2, 0.25) is 0 Å². The summed E-state index contributed by atoms with van der Waals surface area (Å²) in [6.45, 7) is 0. The van der Waals surface area contributed by atoms with E-state index in [0.29, 0.717) is 24.0 Å². The molecule has 29 heavy (non-hydrogen) atoms. The van der Waals surface area contributed by atoms with Gasteiger partial charge in [0.25, 0.3) is 0 Å². The molecule has 157 valence electrons. The van der Waals surface area contributed by atoms with Crippen LogP contribution in [0.3, 0.4) is 0 Å². The molecule has 7 heteroatoms. The maximum Gasteiger partial charge on any atom is 0.241 e. The molecule has 0 saturated carbocycles. The Labute approximate surface area is 179 Å². The van der Waals surface area contributed by atoms with Gasteiger partial charge in [0.1, 0.15) is 0 Å². The Balaban J connectivity index is 0.000000437. The second kappa shape index (κ2) is 10.5. The number of hydrogen-bond donors (Lipinski definition) is 0. The molecule has 0 atom stereocenters. The molecular formula is C22H20CoN2O4-6. The summed E-state index contributed by atoms with van der Waals surface area (Å²) in [4.78, 5) is 21.8. The van der Waals surface area contributed by atoms with Gasteiger partial charge in [0.05, 0.1) is 4.92 Å². The van der Waals surface area contributed by atoms with E-state index in [1.54, 1.807) is 18.2 Å². The van der Waals surface area contributed by atoms with Crippen LogP contribution in [0.25, 0.3) is 11.1 Å². The fraction of sp³-hybridized carbons (Fsp3) is 0.182. The van der Waals surface area contributed by atoms with Crippen LogP contribution in [-0.2, 0) is 16.8 Å². The average molecular weight is 435 g/mol. The first-order valence-corrected chi connectivity index (χ1v) is 9.11. The number of allylic oxidation sites excluding steroid dienone is 6. The summed E-state index contributed by atoms with van der Waals surface area (Å²) in [5.74, 6) is 0. The Hall–Kier alpha value is -3.03. The van der Waals surface area contributed by atoms with E-state index >= 15 is 0 Å². The van der Waals surface area contributed by atoms with Crippen molar-refractivity contribution >= 4 is 11.1 Å². The largest absolute Gasteiger partial charge is 0.748 e. The summed E-state index contributed by atoms with van der Waals surface area (Å²) in [6.07, 6.45) is 9.24. The fourth-order valence-electron chi connectivity index (χ4n) is 3.46. The average Bonchev–Trinajstić information content (AvgIpc) is 3.42. The second-order valence-corrected chi connectivity index (χ2v) is 6.44. The monoisotopic (exact) mass is 435 g/mol. The molecule has 0 bridgehead atoms. The summed E-state index contributed by atoms with van der Waals surface area (Å²) in [6, 6.07) is 15.4. The summed E-state index contributed by atoms with van der Waals surface area (Å²) >= 11 is 0. The maximum absolute atomic E-state index is 11.3. The first-order chi connectivity index (χ1) is 13.6. The van der Waals surface area contributed by atoms with Crippen LogP contribution in [-0.4, -0.2) is 9.85 Å². The molecule has 6 nitrogen and oxygen atoms in total. The Morgan fingerprint density at radius 1 is 0.862 bits per heavy atom. The Morgan fingerprint density at radius 2 is 1.41 bits per heavy atom. The molecule has 2 aromatic carbocycles. The maximum atomic E-state index is 11.3. The van der Waals surface area contributed by atoms with Crippen LogP contribution in [0.4, 0.5) is 0 Å². The van der Waals surface area contributed by atoms with Crippen LogP contribution in [0.15, 0.2) is 84.2 Å². The van der Waals surface area contributed by atoms with Crippen molar-refractivity contribution in [2.45, 2.75) is 25.7 Å². The molecule has 0 aliphatic heterocycles. The molecule has 4 rings (SSSR count). The normalized spacial score (nSPS) is 15.4. The second-order valence-electron chi connectivity index (χ2n) is 6.44. The zero-order chi connectivity index (χ0) is 19.9. The Morgan fingerprint density at radius 3 is 2.00 bits per heavy atom. The van der Waals surface area contributed by atoms with E-state index in [0.717, 1.165) is 24.0 Å².